The first-order valence-corrected chi connectivity index (χ1v) is 8.31. The Balaban J connectivity index is 1.98. The lowest BCUT2D eigenvalue weighted by Gasteiger charge is -2.33. The molecule has 2 N–H and O–H groups in total. The summed E-state index contributed by atoms with van der Waals surface area (Å²) in [6, 6.07) is 6.04. The highest BCUT2D eigenvalue weighted by Crippen LogP contribution is 2.27. The van der Waals surface area contributed by atoms with E-state index in [-0.39, 0.29) is 16.7 Å². The molecule has 0 bridgehead atoms. The summed E-state index contributed by atoms with van der Waals surface area (Å²) in [6.07, 6.45) is 3.23. The number of hydrogen-bond donors (Lipinski definition) is 2. The number of ketones is 1. The maximum absolute atomic E-state index is 12.5. The van der Waals surface area contributed by atoms with Gasteiger partial charge in [0.05, 0.1) is 6.54 Å². The fourth-order valence-electron chi connectivity index (χ4n) is 3.46. The van der Waals surface area contributed by atoms with Crippen LogP contribution < -0.4 is 10.6 Å². The molecule has 22 heavy (non-hydrogen) atoms. The van der Waals surface area contributed by atoms with Gasteiger partial charge in [0.25, 0.3) is 0 Å². The Morgan fingerprint density at radius 2 is 1.95 bits per heavy atom. The molecule has 1 heterocycles. The largest absolute Gasteiger partial charge is 0.385 e. The van der Waals surface area contributed by atoms with E-state index in [0.717, 1.165) is 31.4 Å². The number of carbonyl (C=O) groups excluding carboxylic acids is 1. The van der Waals surface area contributed by atoms with Crippen LogP contribution in [0.25, 0.3) is 0 Å². The number of Topliss-reactive ketones (excluding diaryl/α,β-unsaturated/α-hetero) is 1. The van der Waals surface area contributed by atoms with Crippen molar-refractivity contribution >= 4 is 11.5 Å². The van der Waals surface area contributed by atoms with Gasteiger partial charge in [-0.3, -0.25) is 4.79 Å². The molecule has 0 unspecified atom stereocenters. The highest BCUT2D eigenvalue weighted by molar-refractivity contribution is 5.98. The van der Waals surface area contributed by atoms with Gasteiger partial charge in [0.1, 0.15) is 0 Å². The van der Waals surface area contributed by atoms with E-state index in [1.54, 1.807) is 0 Å². The van der Waals surface area contributed by atoms with E-state index in [0.29, 0.717) is 6.54 Å². The lowest BCUT2D eigenvalue weighted by Crippen LogP contribution is -2.44. The van der Waals surface area contributed by atoms with Crippen molar-refractivity contribution in [2.24, 2.45) is 5.41 Å². The third-order valence-corrected chi connectivity index (χ3v) is 4.07. The van der Waals surface area contributed by atoms with Crippen LogP contribution >= 0.6 is 0 Å². The maximum Gasteiger partial charge on any atom is 0.176 e. The molecule has 3 nitrogen and oxygen atoms in total. The number of hydrogen-bond acceptors (Lipinski definition) is 3. The van der Waals surface area contributed by atoms with Crippen LogP contribution in [0.4, 0.5) is 5.69 Å². The summed E-state index contributed by atoms with van der Waals surface area (Å²) >= 11 is 0. The van der Waals surface area contributed by atoms with Gasteiger partial charge in [-0.1, -0.05) is 20.8 Å². The predicted molar refractivity (Wildman–Crippen MR) is 93.7 cm³/mol. The Bertz CT molecular complexity index is 541. The molecule has 0 aromatic heterocycles. The molecule has 0 spiro atoms. The zero-order valence-corrected chi connectivity index (χ0v) is 14.7. The summed E-state index contributed by atoms with van der Waals surface area (Å²) in [5, 5.41) is 6.81. The number of rotatable bonds is 5. The quantitative estimate of drug-likeness (QED) is 0.807. The lowest BCUT2D eigenvalue weighted by molar-refractivity contribution is 0.0973. The van der Waals surface area contributed by atoms with Gasteiger partial charge in [0.2, 0.25) is 0 Å². The van der Waals surface area contributed by atoms with Gasteiger partial charge in [-0.2, -0.15) is 0 Å². The first kappa shape index (κ1) is 17.0. The van der Waals surface area contributed by atoms with E-state index in [1.165, 1.54) is 11.3 Å². The molecular formula is C19H30N2O. The molecule has 1 aromatic rings. The lowest BCUT2D eigenvalue weighted by atomic mass is 9.81. The van der Waals surface area contributed by atoms with Crippen molar-refractivity contribution in [3.8, 4) is 0 Å². The summed E-state index contributed by atoms with van der Waals surface area (Å²) in [6.45, 7) is 12.5. The molecule has 1 aliphatic heterocycles. The predicted octanol–water partition coefficient (Wildman–Crippen LogP) is 4.03. The van der Waals surface area contributed by atoms with E-state index in [9.17, 15) is 4.79 Å². The number of nitrogens with one attached hydrogen (secondary N) is 2. The number of carbonyl (C=O) groups is 1. The van der Waals surface area contributed by atoms with Crippen LogP contribution in [0.2, 0.25) is 0 Å². The van der Waals surface area contributed by atoms with Crippen LogP contribution in [0.5, 0.6) is 0 Å². The normalized spacial score (nSPS) is 15.1. The zero-order valence-electron chi connectivity index (χ0n) is 14.7. The maximum atomic E-state index is 12.5. The van der Waals surface area contributed by atoms with Crippen molar-refractivity contribution < 1.29 is 4.79 Å². The van der Waals surface area contributed by atoms with Crippen LogP contribution in [0.15, 0.2) is 18.2 Å². The summed E-state index contributed by atoms with van der Waals surface area (Å²) in [7, 11) is 0. The number of anilines is 1. The Kier molecular flexibility index (Phi) is 4.96. The van der Waals surface area contributed by atoms with Gasteiger partial charge in [0, 0.05) is 23.3 Å². The molecule has 0 fully saturated rings. The van der Waals surface area contributed by atoms with Crippen LogP contribution in [-0.2, 0) is 6.42 Å². The summed E-state index contributed by atoms with van der Waals surface area (Å²) < 4.78 is 0. The van der Waals surface area contributed by atoms with E-state index in [1.807, 2.05) is 12.1 Å². The van der Waals surface area contributed by atoms with E-state index >= 15 is 0 Å². The van der Waals surface area contributed by atoms with Crippen molar-refractivity contribution in [3.05, 3.63) is 29.3 Å². The van der Waals surface area contributed by atoms with Crippen LogP contribution in [0, 0.1) is 5.41 Å². The summed E-state index contributed by atoms with van der Waals surface area (Å²) in [5.74, 6) is 0.176. The third kappa shape index (κ3) is 4.84. The Morgan fingerprint density at radius 3 is 2.64 bits per heavy atom. The van der Waals surface area contributed by atoms with E-state index < -0.39 is 0 Å². The first-order chi connectivity index (χ1) is 10.2. The molecule has 1 aliphatic rings. The first-order valence-electron chi connectivity index (χ1n) is 8.31. The Hall–Kier alpha value is -1.35. The minimum Gasteiger partial charge on any atom is -0.385 e. The van der Waals surface area contributed by atoms with Gasteiger partial charge in [-0.15, -0.1) is 0 Å². The van der Waals surface area contributed by atoms with Gasteiger partial charge in [0.15, 0.2) is 5.78 Å². The monoisotopic (exact) mass is 302 g/mol. The molecule has 0 amide bonds. The third-order valence-electron chi connectivity index (χ3n) is 4.07. The number of aryl methyl sites for hydroxylation is 1. The van der Waals surface area contributed by atoms with Crippen LogP contribution in [0.1, 0.15) is 63.4 Å². The molecule has 0 atom stereocenters. The smallest absolute Gasteiger partial charge is 0.176 e. The molecule has 0 aliphatic carbocycles. The summed E-state index contributed by atoms with van der Waals surface area (Å²) in [5.41, 5.74) is 3.48. The second-order valence-corrected chi connectivity index (χ2v) is 8.30. The Labute approximate surface area is 134 Å². The van der Waals surface area contributed by atoms with Gasteiger partial charge in [-0.05, 0) is 62.3 Å². The average Bonchev–Trinajstić information content (AvgIpc) is 2.42. The topological polar surface area (TPSA) is 41.1 Å². The number of fused-ring (bicyclic) bond motifs is 1. The highest BCUT2D eigenvalue weighted by atomic mass is 16.1. The Morgan fingerprint density at radius 1 is 1.23 bits per heavy atom. The van der Waals surface area contributed by atoms with Gasteiger partial charge >= 0.3 is 0 Å². The highest BCUT2D eigenvalue weighted by Gasteiger charge is 2.25. The minimum absolute atomic E-state index is 0.0380. The SMILES string of the molecule is CC(C)(C)CC(C)(C)NCC(=O)c1ccc2c(c1)CCCN2. The molecular weight excluding hydrogens is 272 g/mol. The molecule has 0 radical (unpaired) electrons. The molecule has 3 heteroatoms. The summed E-state index contributed by atoms with van der Waals surface area (Å²) in [4.78, 5) is 12.5. The molecule has 0 saturated heterocycles. The van der Waals surface area contributed by atoms with Crippen molar-refractivity contribution in [1.29, 1.82) is 0 Å². The van der Waals surface area contributed by atoms with Crippen LogP contribution in [-0.4, -0.2) is 24.4 Å². The fraction of sp³-hybridized carbons (Fsp3) is 0.632. The number of benzene rings is 1. The van der Waals surface area contributed by atoms with E-state index in [4.69, 9.17) is 0 Å². The van der Waals surface area contributed by atoms with Crippen molar-refractivity contribution in [1.82, 2.24) is 5.32 Å². The molecule has 0 saturated carbocycles. The molecule has 1 aromatic carbocycles. The minimum atomic E-state index is -0.0380. The van der Waals surface area contributed by atoms with Crippen molar-refractivity contribution in [3.63, 3.8) is 0 Å². The van der Waals surface area contributed by atoms with Crippen LogP contribution in [0.3, 0.4) is 0 Å². The average molecular weight is 302 g/mol. The fourth-order valence-corrected chi connectivity index (χ4v) is 3.46. The van der Waals surface area contributed by atoms with E-state index in [2.05, 4.69) is 51.3 Å². The standard InChI is InChI=1S/C19H30N2O/c1-18(2,3)13-19(4,5)21-12-17(22)15-8-9-16-14(11-15)7-6-10-20-16/h8-9,11,20-21H,6-7,10,12-13H2,1-5H3. The van der Waals surface area contributed by atoms with Gasteiger partial charge in [-0.25, -0.2) is 0 Å². The zero-order chi connectivity index (χ0) is 16.4. The molecule has 122 valence electrons. The second-order valence-electron chi connectivity index (χ2n) is 8.30. The van der Waals surface area contributed by atoms with Gasteiger partial charge < -0.3 is 10.6 Å². The molecule has 2 rings (SSSR count). The van der Waals surface area contributed by atoms with Crippen molar-refractivity contribution in [2.45, 2.75) is 59.4 Å². The van der Waals surface area contributed by atoms with Crippen molar-refractivity contribution in [2.75, 3.05) is 18.4 Å². The second kappa shape index (κ2) is 6.41.